The predicted molar refractivity (Wildman–Crippen MR) is 114 cm³/mol. The smallest absolute Gasteiger partial charge is 0.129 e. The molecule has 0 bridgehead atoms. The summed E-state index contributed by atoms with van der Waals surface area (Å²) in [6.45, 7) is 5.29. The van der Waals surface area contributed by atoms with Gasteiger partial charge in [0.2, 0.25) is 0 Å². The molecule has 1 atom stereocenters. The standard InChI is InChI=1S/C22H28N4OS/c1-17-23-11-14-25(17)13-10-18-7-5-6-12-26(18)16-19-15-24-22(28-19)20-8-3-4-9-21(20)27-2/h3-4,8-9,11,14-15,18H,5-7,10,12-13,16H2,1-2H3. The lowest BCUT2D eigenvalue weighted by molar-refractivity contribution is 0.129. The third kappa shape index (κ3) is 4.28. The molecule has 2 aromatic heterocycles. The summed E-state index contributed by atoms with van der Waals surface area (Å²) in [5.74, 6) is 1.99. The van der Waals surface area contributed by atoms with Crippen molar-refractivity contribution in [2.45, 2.75) is 51.7 Å². The van der Waals surface area contributed by atoms with Gasteiger partial charge in [0.15, 0.2) is 0 Å². The largest absolute Gasteiger partial charge is 0.496 e. The molecule has 28 heavy (non-hydrogen) atoms. The maximum atomic E-state index is 5.50. The predicted octanol–water partition coefficient (Wildman–Crippen LogP) is 4.77. The highest BCUT2D eigenvalue weighted by Crippen LogP contribution is 2.33. The van der Waals surface area contributed by atoms with E-state index in [1.165, 1.54) is 37.1 Å². The number of rotatable bonds is 7. The molecular formula is C22H28N4OS. The second-order valence-electron chi connectivity index (χ2n) is 7.41. The van der Waals surface area contributed by atoms with Gasteiger partial charge in [-0.25, -0.2) is 9.97 Å². The fourth-order valence-electron chi connectivity index (χ4n) is 4.05. The van der Waals surface area contributed by atoms with Crippen molar-refractivity contribution in [3.63, 3.8) is 0 Å². The molecule has 1 aromatic carbocycles. The van der Waals surface area contributed by atoms with Crippen LogP contribution in [0.25, 0.3) is 10.6 Å². The second kappa shape index (κ2) is 8.88. The SMILES string of the molecule is COc1ccccc1-c1ncc(CN2CCCCC2CCn2ccnc2C)s1. The number of hydrogen-bond acceptors (Lipinski definition) is 5. The fraction of sp³-hybridized carbons (Fsp3) is 0.455. The van der Waals surface area contributed by atoms with Crippen LogP contribution in [0.2, 0.25) is 0 Å². The van der Waals surface area contributed by atoms with Crippen molar-refractivity contribution < 1.29 is 4.74 Å². The molecule has 0 aliphatic carbocycles. The number of methoxy groups -OCH3 is 1. The maximum Gasteiger partial charge on any atom is 0.129 e. The normalized spacial score (nSPS) is 17.7. The third-order valence-electron chi connectivity index (χ3n) is 5.63. The molecule has 1 aliphatic rings. The summed E-state index contributed by atoms with van der Waals surface area (Å²) in [5, 5.41) is 1.04. The first kappa shape index (κ1) is 19.2. The Bertz CT molecular complexity index is 903. The van der Waals surface area contributed by atoms with Crippen LogP contribution in [-0.2, 0) is 13.1 Å². The van der Waals surface area contributed by atoms with Gasteiger partial charge in [0.25, 0.3) is 0 Å². The number of aryl methyl sites for hydroxylation is 2. The van der Waals surface area contributed by atoms with E-state index in [1.807, 2.05) is 30.6 Å². The summed E-state index contributed by atoms with van der Waals surface area (Å²) in [4.78, 5) is 13.0. The maximum absolute atomic E-state index is 5.50. The summed E-state index contributed by atoms with van der Waals surface area (Å²) < 4.78 is 7.76. The number of piperidine rings is 1. The molecule has 3 heterocycles. The van der Waals surface area contributed by atoms with Crippen molar-refractivity contribution in [3.8, 4) is 16.3 Å². The molecule has 0 amide bonds. The number of ether oxygens (including phenoxy) is 1. The Morgan fingerprint density at radius 1 is 1.21 bits per heavy atom. The molecule has 0 radical (unpaired) electrons. The van der Waals surface area contributed by atoms with Crippen LogP contribution in [0.4, 0.5) is 0 Å². The molecule has 3 aromatic rings. The highest BCUT2D eigenvalue weighted by atomic mass is 32.1. The van der Waals surface area contributed by atoms with Gasteiger partial charge in [-0.3, -0.25) is 4.90 Å². The fourth-order valence-corrected chi connectivity index (χ4v) is 5.02. The summed E-state index contributed by atoms with van der Waals surface area (Å²) in [6.07, 6.45) is 11.1. The van der Waals surface area contributed by atoms with Crippen molar-refractivity contribution in [1.29, 1.82) is 0 Å². The number of imidazole rings is 1. The van der Waals surface area contributed by atoms with E-state index in [0.717, 1.165) is 35.2 Å². The first-order valence-corrected chi connectivity index (χ1v) is 10.9. The van der Waals surface area contributed by atoms with E-state index in [1.54, 1.807) is 18.4 Å². The molecule has 0 saturated carbocycles. The van der Waals surface area contributed by atoms with E-state index >= 15 is 0 Å². The van der Waals surface area contributed by atoms with Gasteiger partial charge < -0.3 is 9.30 Å². The van der Waals surface area contributed by atoms with Crippen LogP contribution in [0, 0.1) is 6.92 Å². The third-order valence-corrected chi connectivity index (χ3v) is 6.64. The molecule has 6 heteroatoms. The average molecular weight is 397 g/mol. The topological polar surface area (TPSA) is 43.2 Å². The van der Waals surface area contributed by atoms with E-state index < -0.39 is 0 Å². The molecule has 1 aliphatic heterocycles. The Kier molecular flexibility index (Phi) is 6.07. The highest BCUT2D eigenvalue weighted by molar-refractivity contribution is 7.15. The lowest BCUT2D eigenvalue weighted by Gasteiger charge is -2.35. The molecule has 148 valence electrons. The Hall–Kier alpha value is -2.18. The van der Waals surface area contributed by atoms with Gasteiger partial charge in [-0.2, -0.15) is 0 Å². The minimum Gasteiger partial charge on any atom is -0.496 e. The van der Waals surface area contributed by atoms with Crippen LogP contribution in [0.5, 0.6) is 5.75 Å². The summed E-state index contributed by atoms with van der Waals surface area (Å²) in [5.41, 5.74) is 1.08. The quantitative estimate of drug-likeness (QED) is 0.577. The van der Waals surface area contributed by atoms with Gasteiger partial charge in [-0.05, 0) is 44.9 Å². The average Bonchev–Trinajstić information content (AvgIpc) is 3.36. The van der Waals surface area contributed by atoms with Crippen molar-refractivity contribution >= 4 is 11.3 Å². The van der Waals surface area contributed by atoms with Crippen LogP contribution in [0.15, 0.2) is 42.9 Å². The number of nitrogens with zero attached hydrogens (tertiary/aromatic N) is 4. The monoisotopic (exact) mass is 396 g/mol. The van der Waals surface area contributed by atoms with Crippen LogP contribution in [0.3, 0.4) is 0 Å². The number of benzene rings is 1. The van der Waals surface area contributed by atoms with Gasteiger partial charge >= 0.3 is 0 Å². The minimum absolute atomic E-state index is 0.632. The van der Waals surface area contributed by atoms with Crippen molar-refractivity contribution in [2.75, 3.05) is 13.7 Å². The van der Waals surface area contributed by atoms with Crippen LogP contribution in [-0.4, -0.2) is 39.1 Å². The summed E-state index contributed by atoms with van der Waals surface area (Å²) >= 11 is 1.78. The minimum atomic E-state index is 0.632. The number of aromatic nitrogens is 3. The van der Waals surface area contributed by atoms with Crippen LogP contribution >= 0.6 is 11.3 Å². The summed E-state index contributed by atoms with van der Waals surface area (Å²) in [6, 6.07) is 8.75. The first-order chi connectivity index (χ1) is 13.7. The van der Waals surface area contributed by atoms with E-state index in [2.05, 4.69) is 38.6 Å². The summed E-state index contributed by atoms with van der Waals surface area (Å²) in [7, 11) is 1.72. The van der Waals surface area contributed by atoms with E-state index in [9.17, 15) is 0 Å². The van der Waals surface area contributed by atoms with Crippen molar-refractivity contribution in [2.24, 2.45) is 0 Å². The Morgan fingerprint density at radius 3 is 2.93 bits per heavy atom. The van der Waals surface area contributed by atoms with E-state index in [-0.39, 0.29) is 0 Å². The molecule has 1 saturated heterocycles. The Balaban J connectivity index is 1.43. The van der Waals surface area contributed by atoms with Gasteiger partial charge in [0, 0.05) is 42.6 Å². The number of para-hydroxylation sites is 1. The lowest BCUT2D eigenvalue weighted by atomic mass is 9.99. The zero-order chi connectivity index (χ0) is 19.3. The van der Waals surface area contributed by atoms with Gasteiger partial charge in [0.05, 0.1) is 12.7 Å². The van der Waals surface area contributed by atoms with Crippen LogP contribution in [0.1, 0.15) is 36.4 Å². The van der Waals surface area contributed by atoms with E-state index in [4.69, 9.17) is 4.74 Å². The van der Waals surface area contributed by atoms with Gasteiger partial charge in [-0.1, -0.05) is 18.6 Å². The molecule has 0 spiro atoms. The molecule has 4 rings (SSSR count). The first-order valence-electron chi connectivity index (χ1n) is 10.0. The zero-order valence-electron chi connectivity index (χ0n) is 16.7. The second-order valence-corrected chi connectivity index (χ2v) is 8.52. The highest BCUT2D eigenvalue weighted by Gasteiger charge is 2.23. The van der Waals surface area contributed by atoms with Crippen LogP contribution < -0.4 is 4.74 Å². The number of likely N-dealkylation sites (tertiary alicyclic amines) is 1. The molecule has 1 unspecified atom stereocenters. The zero-order valence-corrected chi connectivity index (χ0v) is 17.5. The van der Waals surface area contributed by atoms with Crippen molar-refractivity contribution in [3.05, 3.63) is 53.6 Å². The molecule has 1 fully saturated rings. The van der Waals surface area contributed by atoms with Crippen molar-refractivity contribution in [1.82, 2.24) is 19.4 Å². The van der Waals surface area contributed by atoms with Gasteiger partial charge in [0.1, 0.15) is 16.6 Å². The Labute approximate surface area is 171 Å². The molecule has 0 N–H and O–H groups in total. The number of hydrogen-bond donors (Lipinski definition) is 0. The molecule has 5 nitrogen and oxygen atoms in total. The van der Waals surface area contributed by atoms with Gasteiger partial charge in [-0.15, -0.1) is 11.3 Å². The van der Waals surface area contributed by atoms with E-state index in [0.29, 0.717) is 6.04 Å². The molecular weight excluding hydrogens is 368 g/mol. The lowest BCUT2D eigenvalue weighted by Crippen LogP contribution is -2.39. The Morgan fingerprint density at radius 2 is 2.11 bits per heavy atom. The number of thiazole rings is 1.